The molecular formula is C27H27N3O6. The number of aliphatic hydroxyl groups excluding tert-OH is 1. The smallest absolute Gasteiger partial charge is 0.259 e. The number of amides is 2. The zero-order valence-corrected chi connectivity index (χ0v) is 20.3. The van der Waals surface area contributed by atoms with Crippen LogP contribution < -0.4 is 14.8 Å². The van der Waals surface area contributed by atoms with Crippen molar-refractivity contribution in [2.45, 2.75) is 19.6 Å². The van der Waals surface area contributed by atoms with Crippen LogP contribution in [0.5, 0.6) is 11.5 Å². The van der Waals surface area contributed by atoms with E-state index >= 15 is 0 Å². The minimum absolute atomic E-state index is 0.168. The highest BCUT2D eigenvalue weighted by Gasteiger charge is 2.35. The number of fused-ring (bicyclic) bond motifs is 2. The number of H-pyrrole nitrogens is 1. The number of ether oxygens (including phenoxy) is 3. The molecular weight excluding hydrogens is 462 g/mol. The molecule has 0 spiro atoms. The van der Waals surface area contributed by atoms with Crippen molar-refractivity contribution < 1.29 is 28.9 Å². The van der Waals surface area contributed by atoms with Crippen molar-refractivity contribution in [3.63, 3.8) is 0 Å². The van der Waals surface area contributed by atoms with Crippen LogP contribution in [0.4, 0.5) is 0 Å². The third kappa shape index (κ3) is 3.92. The van der Waals surface area contributed by atoms with Gasteiger partial charge < -0.3 is 28.9 Å². The molecule has 1 unspecified atom stereocenters. The number of aromatic amines is 1. The van der Waals surface area contributed by atoms with Crippen LogP contribution in [0.1, 0.15) is 18.1 Å². The van der Waals surface area contributed by atoms with E-state index in [9.17, 15) is 14.7 Å². The molecule has 0 radical (unpaired) electrons. The molecule has 186 valence electrons. The maximum absolute atomic E-state index is 13.2. The fraction of sp³-hybridized carbons (Fsp3) is 0.259. The van der Waals surface area contributed by atoms with E-state index in [1.807, 2.05) is 35.8 Å². The van der Waals surface area contributed by atoms with E-state index in [2.05, 4.69) is 10.3 Å². The average Bonchev–Trinajstić information content (AvgIpc) is 3.54. The number of hydrogen-bond acceptors (Lipinski definition) is 6. The van der Waals surface area contributed by atoms with Crippen LogP contribution in [-0.4, -0.2) is 60.0 Å². The fourth-order valence-corrected chi connectivity index (χ4v) is 4.75. The van der Waals surface area contributed by atoms with Gasteiger partial charge in [-0.15, -0.1) is 0 Å². The molecule has 4 aromatic rings. The summed E-state index contributed by atoms with van der Waals surface area (Å²) in [7, 11) is 3.08. The number of para-hydroxylation sites is 1. The summed E-state index contributed by atoms with van der Waals surface area (Å²) >= 11 is 0. The Hall–Kier alpha value is -4.08. The summed E-state index contributed by atoms with van der Waals surface area (Å²) in [5.74, 6) is 0.0484. The average molecular weight is 490 g/mol. The Morgan fingerprint density at radius 2 is 1.67 bits per heavy atom. The van der Waals surface area contributed by atoms with Crippen LogP contribution >= 0.6 is 0 Å². The topological polar surface area (TPSA) is 115 Å². The van der Waals surface area contributed by atoms with Crippen molar-refractivity contribution in [2.75, 3.05) is 27.4 Å². The van der Waals surface area contributed by atoms with Crippen LogP contribution in [0.25, 0.3) is 33.0 Å². The van der Waals surface area contributed by atoms with Gasteiger partial charge in [0, 0.05) is 52.5 Å². The molecule has 0 saturated heterocycles. The van der Waals surface area contributed by atoms with Crippen LogP contribution in [0.2, 0.25) is 0 Å². The van der Waals surface area contributed by atoms with E-state index in [0.717, 1.165) is 16.4 Å². The van der Waals surface area contributed by atoms with Crippen LogP contribution in [0, 0.1) is 0 Å². The second-order valence-electron chi connectivity index (χ2n) is 8.51. The molecule has 0 fully saturated rings. The number of hydrogen-bond donors (Lipinski definition) is 3. The molecule has 3 N–H and O–H groups in total. The summed E-state index contributed by atoms with van der Waals surface area (Å²) in [5.41, 5.74) is 3.33. The van der Waals surface area contributed by atoms with Gasteiger partial charge in [0.15, 0.2) is 11.5 Å². The summed E-state index contributed by atoms with van der Waals surface area (Å²) in [5, 5.41) is 14.5. The minimum atomic E-state index is -0.775. The van der Waals surface area contributed by atoms with E-state index in [0.29, 0.717) is 40.2 Å². The summed E-state index contributed by atoms with van der Waals surface area (Å²) < 4.78 is 18.2. The van der Waals surface area contributed by atoms with Gasteiger partial charge >= 0.3 is 0 Å². The predicted molar refractivity (Wildman–Crippen MR) is 136 cm³/mol. The SMILES string of the molecule is CCOCC(O)Cn1cc(C2=C(c3c[nH]c4ccccc34)C(=O)NC2=O)c2cc(OC)c(OC)cc21. The van der Waals surface area contributed by atoms with Crippen molar-refractivity contribution in [3.8, 4) is 11.5 Å². The largest absolute Gasteiger partial charge is 0.493 e. The highest BCUT2D eigenvalue weighted by Crippen LogP contribution is 2.41. The predicted octanol–water partition coefficient (Wildman–Crippen LogP) is 3.10. The molecule has 1 aliphatic rings. The monoisotopic (exact) mass is 489 g/mol. The van der Waals surface area contributed by atoms with Crippen molar-refractivity contribution in [3.05, 3.63) is 59.9 Å². The maximum Gasteiger partial charge on any atom is 0.259 e. The third-order valence-corrected chi connectivity index (χ3v) is 6.37. The summed E-state index contributed by atoms with van der Waals surface area (Å²) in [6.07, 6.45) is 2.75. The number of methoxy groups -OCH3 is 2. The molecule has 9 heteroatoms. The van der Waals surface area contributed by atoms with Crippen LogP contribution in [-0.2, 0) is 20.9 Å². The second kappa shape index (κ2) is 9.52. The Morgan fingerprint density at radius 1 is 0.972 bits per heavy atom. The van der Waals surface area contributed by atoms with E-state index in [4.69, 9.17) is 14.2 Å². The van der Waals surface area contributed by atoms with Crippen molar-refractivity contribution in [2.24, 2.45) is 0 Å². The zero-order valence-electron chi connectivity index (χ0n) is 20.3. The number of nitrogens with zero attached hydrogens (tertiary/aromatic N) is 1. The standard InChI is InChI=1S/C27H27N3O6/c1-4-36-14-15(31)12-30-13-19(17-9-22(34-2)23(35-3)10-21(17)30)25-24(26(32)29-27(25)33)18-11-28-20-8-6-5-7-16(18)20/h5-11,13,15,28,31H,4,12,14H2,1-3H3,(H,29,32,33). The lowest BCUT2D eigenvalue weighted by molar-refractivity contribution is -0.122. The first-order chi connectivity index (χ1) is 17.5. The summed E-state index contributed by atoms with van der Waals surface area (Å²) in [6.45, 7) is 2.74. The van der Waals surface area contributed by atoms with Gasteiger partial charge in [-0.2, -0.15) is 0 Å². The van der Waals surface area contributed by atoms with Gasteiger partial charge in [0.1, 0.15) is 0 Å². The van der Waals surface area contributed by atoms with E-state index in [1.54, 1.807) is 31.6 Å². The molecule has 2 amide bonds. The quantitative estimate of drug-likeness (QED) is 0.311. The van der Waals surface area contributed by atoms with E-state index in [-0.39, 0.29) is 18.7 Å². The number of benzene rings is 2. The number of carbonyl (C=O) groups is 2. The molecule has 0 bridgehead atoms. The van der Waals surface area contributed by atoms with Crippen molar-refractivity contribution in [1.82, 2.24) is 14.9 Å². The molecule has 1 aliphatic heterocycles. The first-order valence-electron chi connectivity index (χ1n) is 11.6. The van der Waals surface area contributed by atoms with Gasteiger partial charge in [0.05, 0.1) is 50.1 Å². The van der Waals surface area contributed by atoms with Crippen molar-refractivity contribution in [1.29, 1.82) is 0 Å². The van der Waals surface area contributed by atoms with E-state index < -0.39 is 17.9 Å². The molecule has 36 heavy (non-hydrogen) atoms. The van der Waals surface area contributed by atoms with Gasteiger partial charge in [-0.1, -0.05) is 18.2 Å². The molecule has 9 nitrogen and oxygen atoms in total. The zero-order chi connectivity index (χ0) is 25.4. The fourth-order valence-electron chi connectivity index (χ4n) is 4.75. The molecule has 1 atom stereocenters. The first-order valence-corrected chi connectivity index (χ1v) is 11.6. The number of rotatable bonds is 9. The number of aromatic nitrogens is 2. The lowest BCUT2D eigenvalue weighted by Gasteiger charge is -2.13. The molecule has 2 aromatic heterocycles. The van der Waals surface area contributed by atoms with Crippen molar-refractivity contribution >= 4 is 44.8 Å². The molecule has 5 rings (SSSR count). The normalized spacial score (nSPS) is 14.7. The number of nitrogens with one attached hydrogen (secondary N) is 2. The van der Waals surface area contributed by atoms with Gasteiger partial charge in [-0.25, -0.2) is 0 Å². The highest BCUT2D eigenvalue weighted by atomic mass is 16.5. The minimum Gasteiger partial charge on any atom is -0.493 e. The number of carbonyl (C=O) groups excluding carboxylic acids is 2. The van der Waals surface area contributed by atoms with Gasteiger partial charge in [-0.3, -0.25) is 14.9 Å². The Balaban J connectivity index is 1.76. The summed E-state index contributed by atoms with van der Waals surface area (Å²) in [4.78, 5) is 29.4. The van der Waals surface area contributed by atoms with E-state index in [1.165, 1.54) is 7.11 Å². The van der Waals surface area contributed by atoms with Crippen LogP contribution in [0.3, 0.4) is 0 Å². The Morgan fingerprint density at radius 3 is 2.39 bits per heavy atom. The second-order valence-corrected chi connectivity index (χ2v) is 8.51. The maximum atomic E-state index is 13.2. The third-order valence-electron chi connectivity index (χ3n) is 6.37. The molecule has 2 aromatic carbocycles. The Kier molecular flexibility index (Phi) is 6.26. The lowest BCUT2D eigenvalue weighted by Crippen LogP contribution is -2.22. The Labute approximate surface area is 207 Å². The van der Waals surface area contributed by atoms with Gasteiger partial charge in [0.25, 0.3) is 11.8 Å². The van der Waals surface area contributed by atoms with Gasteiger partial charge in [-0.05, 0) is 19.1 Å². The molecule has 0 aliphatic carbocycles. The Bertz CT molecular complexity index is 1510. The number of aliphatic hydroxyl groups is 1. The summed E-state index contributed by atoms with van der Waals surface area (Å²) in [6, 6.07) is 11.2. The van der Waals surface area contributed by atoms with Crippen LogP contribution in [0.15, 0.2) is 48.8 Å². The lowest BCUT2D eigenvalue weighted by atomic mass is 9.95. The highest BCUT2D eigenvalue weighted by molar-refractivity contribution is 6.50. The number of imide groups is 1. The van der Waals surface area contributed by atoms with Gasteiger partial charge in [0.2, 0.25) is 0 Å². The molecule has 3 heterocycles. The first kappa shape index (κ1) is 23.7. The molecule has 0 saturated carbocycles.